The van der Waals surface area contributed by atoms with Gasteiger partial charge < -0.3 is 0 Å². The standard InChI is InChI=1S/C15H10ClFN2OS/c1-19(14(20)13-9(16)5-4-6-10(13)17)15-18-11-7-2-3-8-12(11)21-15/h2-8H,1H3. The second-order valence-corrected chi connectivity index (χ2v) is 5.84. The van der Waals surface area contributed by atoms with E-state index in [0.29, 0.717) is 5.13 Å². The molecular weight excluding hydrogens is 311 g/mol. The molecule has 2 aromatic carbocycles. The SMILES string of the molecule is CN(C(=O)c1c(F)cccc1Cl)c1nc2ccccc2s1. The number of para-hydroxylation sites is 1. The van der Waals surface area contributed by atoms with Gasteiger partial charge in [-0.1, -0.05) is 41.1 Å². The summed E-state index contributed by atoms with van der Waals surface area (Å²) in [5, 5.41) is 0.591. The molecule has 0 fully saturated rings. The summed E-state index contributed by atoms with van der Waals surface area (Å²) in [7, 11) is 1.56. The lowest BCUT2D eigenvalue weighted by Crippen LogP contribution is -2.27. The topological polar surface area (TPSA) is 33.2 Å². The van der Waals surface area contributed by atoms with Gasteiger partial charge in [-0.15, -0.1) is 0 Å². The number of hydrogen-bond donors (Lipinski definition) is 0. The van der Waals surface area contributed by atoms with Gasteiger partial charge in [-0.2, -0.15) is 0 Å². The first kappa shape index (κ1) is 14.0. The number of nitrogens with zero attached hydrogens (tertiary/aromatic N) is 2. The number of rotatable bonds is 2. The Hall–Kier alpha value is -1.98. The van der Waals surface area contributed by atoms with Crippen LogP contribution in [0.2, 0.25) is 5.02 Å². The van der Waals surface area contributed by atoms with E-state index in [1.54, 1.807) is 7.05 Å². The van der Waals surface area contributed by atoms with E-state index >= 15 is 0 Å². The molecule has 0 radical (unpaired) electrons. The monoisotopic (exact) mass is 320 g/mol. The number of aromatic nitrogens is 1. The maximum Gasteiger partial charge on any atom is 0.264 e. The Morgan fingerprint density at radius 1 is 1.24 bits per heavy atom. The predicted octanol–water partition coefficient (Wildman–Crippen LogP) is 4.37. The number of halogens is 2. The molecule has 3 nitrogen and oxygen atoms in total. The van der Waals surface area contributed by atoms with Crippen molar-refractivity contribution in [1.29, 1.82) is 0 Å². The molecule has 106 valence electrons. The molecule has 0 saturated heterocycles. The maximum atomic E-state index is 13.8. The van der Waals surface area contributed by atoms with Crippen LogP contribution in [-0.2, 0) is 0 Å². The Morgan fingerprint density at radius 3 is 2.71 bits per heavy atom. The molecule has 21 heavy (non-hydrogen) atoms. The first-order valence-electron chi connectivity index (χ1n) is 6.15. The van der Waals surface area contributed by atoms with Gasteiger partial charge in [0.2, 0.25) is 0 Å². The van der Waals surface area contributed by atoms with Gasteiger partial charge in [-0.05, 0) is 24.3 Å². The normalized spacial score (nSPS) is 10.8. The number of thiazole rings is 1. The third kappa shape index (κ3) is 2.50. The van der Waals surface area contributed by atoms with E-state index < -0.39 is 11.7 Å². The zero-order valence-electron chi connectivity index (χ0n) is 11.0. The van der Waals surface area contributed by atoms with Crippen LogP contribution in [0.1, 0.15) is 10.4 Å². The molecule has 0 aliphatic heterocycles. The number of benzene rings is 2. The van der Waals surface area contributed by atoms with Crippen molar-refractivity contribution in [2.24, 2.45) is 0 Å². The molecule has 0 atom stereocenters. The van der Waals surface area contributed by atoms with Crippen LogP contribution in [0.15, 0.2) is 42.5 Å². The fourth-order valence-electron chi connectivity index (χ4n) is 1.96. The largest absolute Gasteiger partial charge is 0.287 e. The Labute approximate surface area is 129 Å². The highest BCUT2D eigenvalue weighted by Gasteiger charge is 2.22. The summed E-state index contributed by atoms with van der Waals surface area (Å²) in [5.74, 6) is -1.15. The van der Waals surface area contributed by atoms with Crippen molar-refractivity contribution in [3.05, 3.63) is 58.9 Å². The number of carbonyl (C=O) groups excluding carboxylic acids is 1. The van der Waals surface area contributed by atoms with Crippen LogP contribution in [-0.4, -0.2) is 17.9 Å². The Balaban J connectivity index is 2.01. The van der Waals surface area contributed by atoms with Gasteiger partial charge >= 0.3 is 0 Å². The van der Waals surface area contributed by atoms with Crippen molar-refractivity contribution in [3.63, 3.8) is 0 Å². The first-order chi connectivity index (χ1) is 10.1. The average Bonchev–Trinajstić information content (AvgIpc) is 2.90. The lowest BCUT2D eigenvalue weighted by molar-refractivity contribution is 0.0989. The van der Waals surface area contributed by atoms with Crippen molar-refractivity contribution in [2.45, 2.75) is 0 Å². The highest BCUT2D eigenvalue weighted by Crippen LogP contribution is 2.30. The van der Waals surface area contributed by atoms with E-state index in [-0.39, 0.29) is 10.6 Å². The summed E-state index contributed by atoms with van der Waals surface area (Å²) in [6.45, 7) is 0. The number of anilines is 1. The van der Waals surface area contributed by atoms with E-state index in [0.717, 1.165) is 10.2 Å². The van der Waals surface area contributed by atoms with Gasteiger partial charge in [0.25, 0.3) is 5.91 Å². The van der Waals surface area contributed by atoms with Crippen molar-refractivity contribution in [3.8, 4) is 0 Å². The number of fused-ring (bicyclic) bond motifs is 1. The van der Waals surface area contributed by atoms with Gasteiger partial charge in [0.15, 0.2) is 5.13 Å². The Kier molecular flexibility index (Phi) is 3.61. The second kappa shape index (κ2) is 5.42. The van der Waals surface area contributed by atoms with Crippen LogP contribution in [0.4, 0.5) is 9.52 Å². The minimum Gasteiger partial charge on any atom is -0.287 e. The molecule has 0 unspecified atom stereocenters. The van der Waals surface area contributed by atoms with Gasteiger partial charge in [0.1, 0.15) is 5.82 Å². The summed E-state index contributed by atoms with van der Waals surface area (Å²) in [5.41, 5.74) is 0.665. The van der Waals surface area contributed by atoms with Gasteiger partial charge in [0, 0.05) is 7.05 Å². The third-order valence-electron chi connectivity index (χ3n) is 3.05. The Bertz CT molecular complexity index is 780. The highest BCUT2D eigenvalue weighted by atomic mass is 35.5. The van der Waals surface area contributed by atoms with Crippen molar-refractivity contribution in [2.75, 3.05) is 11.9 Å². The molecule has 1 heterocycles. The van der Waals surface area contributed by atoms with E-state index in [1.807, 2.05) is 24.3 Å². The molecule has 3 aromatic rings. The molecule has 0 saturated carbocycles. The summed E-state index contributed by atoms with van der Waals surface area (Å²) in [6, 6.07) is 11.7. The molecule has 0 N–H and O–H groups in total. The molecular formula is C15H10ClFN2OS. The average molecular weight is 321 g/mol. The summed E-state index contributed by atoms with van der Waals surface area (Å²) in [4.78, 5) is 18.1. The molecule has 0 aliphatic carbocycles. The van der Waals surface area contributed by atoms with Gasteiger partial charge in [-0.25, -0.2) is 9.37 Å². The maximum absolute atomic E-state index is 13.8. The quantitative estimate of drug-likeness (QED) is 0.702. The van der Waals surface area contributed by atoms with E-state index in [1.165, 1.54) is 34.4 Å². The highest BCUT2D eigenvalue weighted by molar-refractivity contribution is 7.22. The third-order valence-corrected chi connectivity index (χ3v) is 4.48. The lowest BCUT2D eigenvalue weighted by Gasteiger charge is -2.14. The molecule has 0 spiro atoms. The van der Waals surface area contributed by atoms with Crippen molar-refractivity contribution < 1.29 is 9.18 Å². The van der Waals surface area contributed by atoms with Gasteiger partial charge in [-0.3, -0.25) is 9.69 Å². The summed E-state index contributed by atoms with van der Waals surface area (Å²) < 4.78 is 14.8. The number of carbonyl (C=O) groups is 1. The molecule has 1 aromatic heterocycles. The fourth-order valence-corrected chi connectivity index (χ4v) is 3.13. The van der Waals surface area contributed by atoms with E-state index in [2.05, 4.69) is 4.98 Å². The zero-order valence-corrected chi connectivity index (χ0v) is 12.6. The van der Waals surface area contributed by atoms with Crippen LogP contribution in [0.3, 0.4) is 0 Å². The molecule has 0 aliphatic rings. The molecule has 1 amide bonds. The second-order valence-electron chi connectivity index (χ2n) is 4.42. The van der Waals surface area contributed by atoms with Crippen molar-refractivity contribution in [1.82, 2.24) is 4.98 Å². The van der Waals surface area contributed by atoms with Crippen molar-refractivity contribution >= 4 is 44.2 Å². The van der Waals surface area contributed by atoms with Crippen LogP contribution < -0.4 is 4.90 Å². The minimum absolute atomic E-state index is 0.0907. The van der Waals surface area contributed by atoms with Gasteiger partial charge in [0.05, 0.1) is 20.8 Å². The summed E-state index contributed by atoms with van der Waals surface area (Å²) in [6.07, 6.45) is 0. The van der Waals surface area contributed by atoms with Crippen LogP contribution >= 0.6 is 22.9 Å². The van der Waals surface area contributed by atoms with E-state index in [4.69, 9.17) is 11.6 Å². The van der Waals surface area contributed by atoms with Crippen LogP contribution in [0.25, 0.3) is 10.2 Å². The van der Waals surface area contributed by atoms with Crippen LogP contribution in [0, 0.1) is 5.82 Å². The lowest BCUT2D eigenvalue weighted by atomic mass is 10.2. The predicted molar refractivity (Wildman–Crippen MR) is 83.8 cm³/mol. The minimum atomic E-state index is -0.638. The smallest absolute Gasteiger partial charge is 0.264 e. The number of hydrogen-bond acceptors (Lipinski definition) is 3. The molecule has 3 rings (SSSR count). The van der Waals surface area contributed by atoms with Crippen LogP contribution in [0.5, 0.6) is 0 Å². The molecule has 0 bridgehead atoms. The summed E-state index contributed by atoms with van der Waals surface area (Å²) >= 11 is 7.30. The first-order valence-corrected chi connectivity index (χ1v) is 7.35. The van der Waals surface area contributed by atoms with E-state index in [9.17, 15) is 9.18 Å². The molecule has 6 heteroatoms. The zero-order chi connectivity index (χ0) is 15.0. The fraction of sp³-hybridized carbons (Fsp3) is 0.0667. The Morgan fingerprint density at radius 2 is 2.00 bits per heavy atom. The number of amides is 1.